The monoisotopic (exact) mass is 322 g/mol. The SMILES string of the molecule is Nc1cccc(-c2nc(N3CCOCC3)c3cc(O)ccc3n2)c1. The predicted molar refractivity (Wildman–Crippen MR) is 94.1 cm³/mol. The van der Waals surface area contributed by atoms with Crippen molar-refractivity contribution in [2.75, 3.05) is 36.9 Å². The van der Waals surface area contributed by atoms with Gasteiger partial charge in [0.15, 0.2) is 5.82 Å². The molecular formula is C18H18N4O2. The molecule has 0 unspecified atom stereocenters. The molecule has 6 nitrogen and oxygen atoms in total. The Morgan fingerprint density at radius 3 is 2.67 bits per heavy atom. The van der Waals surface area contributed by atoms with Crippen LogP contribution in [0.4, 0.5) is 11.5 Å². The molecule has 122 valence electrons. The third-order valence-electron chi connectivity index (χ3n) is 4.11. The number of morpholine rings is 1. The molecule has 2 aromatic carbocycles. The molecule has 1 fully saturated rings. The molecule has 3 N–H and O–H groups in total. The zero-order valence-electron chi connectivity index (χ0n) is 13.1. The summed E-state index contributed by atoms with van der Waals surface area (Å²) < 4.78 is 5.44. The summed E-state index contributed by atoms with van der Waals surface area (Å²) in [7, 11) is 0. The summed E-state index contributed by atoms with van der Waals surface area (Å²) in [4.78, 5) is 11.6. The second kappa shape index (κ2) is 5.98. The molecule has 1 aliphatic rings. The second-order valence-corrected chi connectivity index (χ2v) is 5.80. The van der Waals surface area contributed by atoms with Crippen molar-refractivity contribution in [1.29, 1.82) is 0 Å². The highest BCUT2D eigenvalue weighted by molar-refractivity contribution is 5.92. The largest absolute Gasteiger partial charge is 0.508 e. The maximum atomic E-state index is 9.86. The third kappa shape index (κ3) is 2.72. The van der Waals surface area contributed by atoms with Crippen molar-refractivity contribution in [2.45, 2.75) is 0 Å². The summed E-state index contributed by atoms with van der Waals surface area (Å²) in [5, 5.41) is 10.7. The smallest absolute Gasteiger partial charge is 0.162 e. The number of ether oxygens (including phenoxy) is 1. The van der Waals surface area contributed by atoms with Gasteiger partial charge >= 0.3 is 0 Å². The quantitative estimate of drug-likeness (QED) is 0.705. The number of nitrogens with two attached hydrogens (primary N) is 1. The number of hydrogen-bond acceptors (Lipinski definition) is 6. The van der Waals surface area contributed by atoms with Crippen molar-refractivity contribution >= 4 is 22.4 Å². The Balaban J connectivity index is 1.91. The van der Waals surface area contributed by atoms with Crippen LogP contribution >= 0.6 is 0 Å². The minimum Gasteiger partial charge on any atom is -0.508 e. The van der Waals surface area contributed by atoms with Crippen LogP contribution in [0.15, 0.2) is 42.5 Å². The molecule has 2 heterocycles. The first-order valence-corrected chi connectivity index (χ1v) is 7.90. The molecule has 0 saturated carbocycles. The number of nitrogens with zero attached hydrogens (tertiary/aromatic N) is 3. The summed E-state index contributed by atoms with van der Waals surface area (Å²) in [5.41, 5.74) is 8.24. The van der Waals surface area contributed by atoms with Gasteiger partial charge in [-0.1, -0.05) is 12.1 Å². The highest BCUT2D eigenvalue weighted by atomic mass is 16.5. The van der Waals surface area contributed by atoms with E-state index >= 15 is 0 Å². The van der Waals surface area contributed by atoms with Crippen molar-refractivity contribution < 1.29 is 9.84 Å². The minimum atomic E-state index is 0.206. The fourth-order valence-electron chi connectivity index (χ4n) is 2.92. The van der Waals surface area contributed by atoms with Crippen LogP contribution in [0, 0.1) is 0 Å². The molecule has 0 spiro atoms. The first-order chi connectivity index (χ1) is 11.7. The zero-order chi connectivity index (χ0) is 16.5. The van der Waals surface area contributed by atoms with E-state index in [4.69, 9.17) is 15.5 Å². The number of phenols is 1. The van der Waals surface area contributed by atoms with Gasteiger partial charge in [-0.3, -0.25) is 0 Å². The molecular weight excluding hydrogens is 304 g/mol. The van der Waals surface area contributed by atoms with Gasteiger partial charge in [0, 0.05) is 29.7 Å². The molecule has 1 saturated heterocycles. The van der Waals surface area contributed by atoms with E-state index in [0.29, 0.717) is 24.7 Å². The van der Waals surface area contributed by atoms with Gasteiger partial charge in [0.1, 0.15) is 11.6 Å². The van der Waals surface area contributed by atoms with E-state index in [9.17, 15) is 5.11 Å². The number of fused-ring (bicyclic) bond motifs is 1. The molecule has 0 atom stereocenters. The van der Waals surface area contributed by atoms with Gasteiger partial charge in [0.05, 0.1) is 18.7 Å². The van der Waals surface area contributed by atoms with Crippen LogP contribution in [0.2, 0.25) is 0 Å². The fourth-order valence-corrected chi connectivity index (χ4v) is 2.92. The zero-order valence-corrected chi connectivity index (χ0v) is 13.1. The number of aromatic nitrogens is 2. The maximum absolute atomic E-state index is 9.86. The summed E-state index contributed by atoms with van der Waals surface area (Å²) >= 11 is 0. The van der Waals surface area contributed by atoms with E-state index in [1.807, 2.05) is 30.3 Å². The van der Waals surface area contributed by atoms with Gasteiger partial charge in [-0.05, 0) is 30.3 Å². The number of benzene rings is 2. The number of anilines is 2. The van der Waals surface area contributed by atoms with Crippen molar-refractivity contribution in [3.05, 3.63) is 42.5 Å². The Morgan fingerprint density at radius 2 is 1.88 bits per heavy atom. The van der Waals surface area contributed by atoms with Gasteiger partial charge in [0.25, 0.3) is 0 Å². The predicted octanol–water partition coefficient (Wildman–Crippen LogP) is 2.42. The number of aromatic hydroxyl groups is 1. The molecule has 0 amide bonds. The fraction of sp³-hybridized carbons (Fsp3) is 0.222. The molecule has 24 heavy (non-hydrogen) atoms. The summed E-state index contributed by atoms with van der Waals surface area (Å²) in [6.07, 6.45) is 0. The first-order valence-electron chi connectivity index (χ1n) is 7.90. The Bertz CT molecular complexity index is 891. The molecule has 1 aromatic heterocycles. The van der Waals surface area contributed by atoms with Gasteiger partial charge in [-0.2, -0.15) is 0 Å². The Morgan fingerprint density at radius 1 is 1.04 bits per heavy atom. The van der Waals surface area contributed by atoms with Crippen LogP contribution in [0.1, 0.15) is 0 Å². The normalized spacial score (nSPS) is 14.9. The highest BCUT2D eigenvalue weighted by Gasteiger charge is 2.18. The molecule has 0 bridgehead atoms. The van der Waals surface area contributed by atoms with Gasteiger partial charge in [-0.15, -0.1) is 0 Å². The lowest BCUT2D eigenvalue weighted by Crippen LogP contribution is -2.37. The first kappa shape index (κ1) is 14.7. The average Bonchev–Trinajstić information content (AvgIpc) is 2.61. The van der Waals surface area contributed by atoms with E-state index in [-0.39, 0.29) is 5.75 Å². The summed E-state index contributed by atoms with van der Waals surface area (Å²) in [6.45, 7) is 2.85. The van der Waals surface area contributed by atoms with E-state index in [2.05, 4.69) is 9.88 Å². The van der Waals surface area contributed by atoms with Crippen molar-refractivity contribution in [3.8, 4) is 17.1 Å². The molecule has 6 heteroatoms. The Kier molecular flexibility index (Phi) is 3.66. The van der Waals surface area contributed by atoms with Crippen LogP contribution in [-0.4, -0.2) is 41.4 Å². The molecule has 0 aliphatic carbocycles. The second-order valence-electron chi connectivity index (χ2n) is 5.80. The molecule has 3 aromatic rings. The van der Waals surface area contributed by atoms with Crippen LogP contribution in [0.5, 0.6) is 5.75 Å². The molecule has 1 aliphatic heterocycles. The van der Waals surface area contributed by atoms with E-state index in [1.165, 1.54) is 0 Å². The van der Waals surface area contributed by atoms with E-state index in [0.717, 1.165) is 35.4 Å². The number of hydrogen-bond donors (Lipinski definition) is 2. The van der Waals surface area contributed by atoms with Crippen molar-refractivity contribution in [1.82, 2.24) is 9.97 Å². The lowest BCUT2D eigenvalue weighted by Gasteiger charge is -2.29. The number of rotatable bonds is 2. The minimum absolute atomic E-state index is 0.206. The van der Waals surface area contributed by atoms with Crippen molar-refractivity contribution in [3.63, 3.8) is 0 Å². The molecule has 0 radical (unpaired) electrons. The van der Waals surface area contributed by atoms with Crippen LogP contribution in [0.3, 0.4) is 0 Å². The Hall–Kier alpha value is -2.86. The van der Waals surface area contributed by atoms with Crippen LogP contribution in [0.25, 0.3) is 22.3 Å². The van der Waals surface area contributed by atoms with E-state index in [1.54, 1.807) is 12.1 Å². The summed E-state index contributed by atoms with van der Waals surface area (Å²) in [5.74, 6) is 1.65. The van der Waals surface area contributed by atoms with Gasteiger partial charge in [-0.25, -0.2) is 9.97 Å². The van der Waals surface area contributed by atoms with Crippen molar-refractivity contribution in [2.24, 2.45) is 0 Å². The summed E-state index contributed by atoms with van der Waals surface area (Å²) in [6, 6.07) is 12.7. The van der Waals surface area contributed by atoms with Gasteiger partial charge < -0.3 is 20.5 Å². The third-order valence-corrected chi connectivity index (χ3v) is 4.11. The number of nitrogen functional groups attached to an aromatic ring is 1. The average molecular weight is 322 g/mol. The van der Waals surface area contributed by atoms with Crippen LogP contribution < -0.4 is 10.6 Å². The molecule has 4 rings (SSSR count). The Labute approximate surface area is 139 Å². The standard InChI is InChI=1S/C18H18N4O2/c19-13-3-1-2-12(10-13)17-20-16-5-4-14(23)11-15(16)18(21-17)22-6-8-24-9-7-22/h1-5,10-11,23H,6-9,19H2. The van der Waals surface area contributed by atoms with Crippen LogP contribution in [-0.2, 0) is 4.74 Å². The van der Waals surface area contributed by atoms with Gasteiger partial charge in [0.2, 0.25) is 0 Å². The lowest BCUT2D eigenvalue weighted by molar-refractivity contribution is 0.122. The lowest BCUT2D eigenvalue weighted by atomic mass is 10.1. The van der Waals surface area contributed by atoms with E-state index < -0.39 is 0 Å². The maximum Gasteiger partial charge on any atom is 0.162 e. The highest BCUT2D eigenvalue weighted by Crippen LogP contribution is 2.30. The number of phenolic OH excluding ortho intramolecular Hbond substituents is 1. The topological polar surface area (TPSA) is 84.5 Å².